The van der Waals surface area contributed by atoms with E-state index in [4.69, 9.17) is 0 Å². The van der Waals surface area contributed by atoms with Gasteiger partial charge in [0.25, 0.3) is 0 Å². The highest BCUT2D eigenvalue weighted by Gasteiger charge is 2.25. The number of thiophene rings is 1. The molecule has 6 heteroatoms. The minimum Gasteiger partial charge on any atom is -0.355 e. The number of piperidine rings is 1. The highest BCUT2D eigenvalue weighted by atomic mass is 32.1. The monoisotopic (exact) mass is 330 g/mol. The second-order valence-corrected chi connectivity index (χ2v) is 7.01. The lowest BCUT2D eigenvalue weighted by atomic mass is 9.96. The quantitative estimate of drug-likeness (QED) is 0.915. The molecule has 1 saturated heterocycles. The number of rotatable bonds is 5. The van der Waals surface area contributed by atoms with Gasteiger partial charge in [0.2, 0.25) is 5.91 Å². The smallest absolute Gasteiger partial charge is 0.223 e. The number of carbonyl (C=O) groups is 1. The SMILES string of the molecule is Cc1cnnc(N2CCC(C(=O)NCCc3cccs3)CC2)c1. The van der Waals surface area contributed by atoms with Crippen LogP contribution in [-0.2, 0) is 11.2 Å². The first-order valence-corrected chi connectivity index (χ1v) is 8.95. The van der Waals surface area contributed by atoms with Crippen molar-refractivity contribution in [2.75, 3.05) is 24.5 Å². The van der Waals surface area contributed by atoms with Crippen molar-refractivity contribution in [1.29, 1.82) is 0 Å². The third-order valence-corrected chi connectivity index (χ3v) is 5.15. The van der Waals surface area contributed by atoms with Crippen LogP contribution in [0.2, 0.25) is 0 Å². The minimum absolute atomic E-state index is 0.118. The molecule has 0 saturated carbocycles. The molecule has 0 spiro atoms. The fourth-order valence-corrected chi connectivity index (χ4v) is 3.59. The number of hydrogen-bond donors (Lipinski definition) is 1. The van der Waals surface area contributed by atoms with E-state index in [1.165, 1.54) is 4.88 Å². The zero-order chi connectivity index (χ0) is 16.1. The summed E-state index contributed by atoms with van der Waals surface area (Å²) in [5.74, 6) is 1.23. The van der Waals surface area contributed by atoms with Gasteiger partial charge in [0.1, 0.15) is 0 Å². The zero-order valence-electron chi connectivity index (χ0n) is 13.4. The van der Waals surface area contributed by atoms with E-state index in [9.17, 15) is 4.79 Å². The van der Waals surface area contributed by atoms with Crippen molar-refractivity contribution in [3.05, 3.63) is 40.2 Å². The summed E-state index contributed by atoms with van der Waals surface area (Å²) in [5.41, 5.74) is 1.11. The van der Waals surface area contributed by atoms with Gasteiger partial charge in [-0.25, -0.2) is 0 Å². The molecule has 23 heavy (non-hydrogen) atoms. The van der Waals surface area contributed by atoms with Crippen LogP contribution in [0.25, 0.3) is 0 Å². The lowest BCUT2D eigenvalue weighted by molar-refractivity contribution is -0.125. The van der Waals surface area contributed by atoms with Crippen LogP contribution in [0.1, 0.15) is 23.3 Å². The van der Waals surface area contributed by atoms with E-state index in [0.717, 1.165) is 50.3 Å². The minimum atomic E-state index is 0.118. The van der Waals surface area contributed by atoms with E-state index < -0.39 is 0 Å². The number of amides is 1. The number of nitrogens with zero attached hydrogens (tertiary/aromatic N) is 3. The molecule has 2 aromatic heterocycles. The van der Waals surface area contributed by atoms with Gasteiger partial charge in [0.15, 0.2) is 5.82 Å². The summed E-state index contributed by atoms with van der Waals surface area (Å²) >= 11 is 1.74. The van der Waals surface area contributed by atoms with Crippen LogP contribution in [-0.4, -0.2) is 35.7 Å². The molecule has 1 aliphatic heterocycles. The van der Waals surface area contributed by atoms with Gasteiger partial charge in [-0.3, -0.25) is 4.79 Å². The molecule has 0 radical (unpaired) electrons. The van der Waals surface area contributed by atoms with Gasteiger partial charge in [0.05, 0.1) is 6.20 Å². The largest absolute Gasteiger partial charge is 0.355 e. The fourth-order valence-electron chi connectivity index (χ4n) is 2.88. The average Bonchev–Trinajstić information content (AvgIpc) is 3.08. The highest BCUT2D eigenvalue weighted by Crippen LogP contribution is 2.22. The molecule has 1 aliphatic rings. The fraction of sp³-hybridized carbons (Fsp3) is 0.471. The lowest BCUT2D eigenvalue weighted by Gasteiger charge is -2.31. The van der Waals surface area contributed by atoms with Crippen LogP contribution in [0.15, 0.2) is 29.8 Å². The third kappa shape index (κ3) is 4.28. The van der Waals surface area contributed by atoms with Crippen molar-refractivity contribution >= 4 is 23.1 Å². The van der Waals surface area contributed by atoms with Crippen molar-refractivity contribution in [3.63, 3.8) is 0 Å². The Labute approximate surface area is 140 Å². The van der Waals surface area contributed by atoms with Crippen molar-refractivity contribution in [3.8, 4) is 0 Å². The van der Waals surface area contributed by atoms with Gasteiger partial charge < -0.3 is 10.2 Å². The van der Waals surface area contributed by atoms with E-state index in [1.54, 1.807) is 17.5 Å². The van der Waals surface area contributed by atoms with Gasteiger partial charge in [-0.15, -0.1) is 16.4 Å². The molecule has 1 fully saturated rings. The Morgan fingerprint density at radius 3 is 2.96 bits per heavy atom. The first-order chi connectivity index (χ1) is 11.2. The standard InChI is InChI=1S/C17H22N4OS/c1-13-11-16(20-19-12-13)21-8-5-14(6-9-21)17(22)18-7-4-15-3-2-10-23-15/h2-3,10-12,14H,4-9H2,1H3,(H,18,22). The van der Waals surface area contributed by atoms with Crippen LogP contribution in [0, 0.1) is 12.8 Å². The molecule has 2 aromatic rings. The van der Waals surface area contributed by atoms with Gasteiger partial charge >= 0.3 is 0 Å². The maximum absolute atomic E-state index is 12.3. The predicted molar refractivity (Wildman–Crippen MR) is 92.7 cm³/mol. The molecule has 3 heterocycles. The molecule has 5 nitrogen and oxygen atoms in total. The molecule has 1 amide bonds. The molecule has 0 unspecified atom stereocenters. The molecule has 0 atom stereocenters. The Hall–Kier alpha value is -1.95. The molecule has 0 aromatic carbocycles. The van der Waals surface area contributed by atoms with Crippen LogP contribution in [0.5, 0.6) is 0 Å². The Morgan fingerprint density at radius 2 is 2.26 bits per heavy atom. The third-order valence-electron chi connectivity index (χ3n) is 4.22. The lowest BCUT2D eigenvalue weighted by Crippen LogP contribution is -2.41. The maximum atomic E-state index is 12.3. The van der Waals surface area contributed by atoms with Crippen molar-refractivity contribution < 1.29 is 4.79 Å². The first kappa shape index (κ1) is 15.9. The molecule has 3 rings (SSSR count). The Bertz CT molecular complexity index is 636. The summed E-state index contributed by atoms with van der Waals surface area (Å²) in [6.07, 6.45) is 4.43. The Balaban J connectivity index is 1.44. The van der Waals surface area contributed by atoms with Gasteiger partial charge in [-0.2, -0.15) is 5.10 Å². The summed E-state index contributed by atoms with van der Waals surface area (Å²) in [5, 5.41) is 13.3. The summed E-state index contributed by atoms with van der Waals surface area (Å²) in [4.78, 5) is 15.8. The number of carbonyl (C=O) groups excluding carboxylic acids is 1. The Kier molecular flexibility index (Phi) is 5.23. The second-order valence-electron chi connectivity index (χ2n) is 5.97. The first-order valence-electron chi connectivity index (χ1n) is 8.07. The highest BCUT2D eigenvalue weighted by molar-refractivity contribution is 7.09. The predicted octanol–water partition coefficient (Wildman–Crippen LogP) is 2.42. The van der Waals surface area contributed by atoms with E-state index in [1.807, 2.05) is 13.0 Å². The van der Waals surface area contributed by atoms with Gasteiger partial charge in [-0.05, 0) is 49.3 Å². The van der Waals surface area contributed by atoms with E-state index in [-0.39, 0.29) is 11.8 Å². The normalized spacial score (nSPS) is 15.6. The van der Waals surface area contributed by atoms with Crippen molar-refractivity contribution in [2.45, 2.75) is 26.2 Å². The van der Waals surface area contributed by atoms with Crippen molar-refractivity contribution in [1.82, 2.24) is 15.5 Å². The van der Waals surface area contributed by atoms with E-state index in [0.29, 0.717) is 0 Å². The molecule has 0 bridgehead atoms. The summed E-state index contributed by atoms with van der Waals surface area (Å²) < 4.78 is 0. The molecular weight excluding hydrogens is 308 g/mol. The number of aryl methyl sites for hydroxylation is 1. The summed E-state index contributed by atoms with van der Waals surface area (Å²) in [6, 6.07) is 6.21. The van der Waals surface area contributed by atoms with E-state index >= 15 is 0 Å². The van der Waals surface area contributed by atoms with Crippen LogP contribution >= 0.6 is 11.3 Å². The zero-order valence-corrected chi connectivity index (χ0v) is 14.2. The number of nitrogens with one attached hydrogen (secondary N) is 1. The van der Waals surface area contributed by atoms with Crippen molar-refractivity contribution in [2.24, 2.45) is 5.92 Å². The summed E-state index contributed by atoms with van der Waals surface area (Å²) in [7, 11) is 0. The molecule has 122 valence electrons. The van der Waals surface area contributed by atoms with Crippen LogP contribution in [0.4, 0.5) is 5.82 Å². The van der Waals surface area contributed by atoms with E-state index in [2.05, 4.69) is 37.9 Å². The molecular formula is C17H22N4OS. The molecule has 0 aliphatic carbocycles. The number of anilines is 1. The second kappa shape index (κ2) is 7.55. The van der Waals surface area contributed by atoms with Crippen LogP contribution in [0.3, 0.4) is 0 Å². The maximum Gasteiger partial charge on any atom is 0.223 e. The number of aromatic nitrogens is 2. The molecule has 1 N–H and O–H groups in total. The van der Waals surface area contributed by atoms with Gasteiger partial charge in [0, 0.05) is 30.4 Å². The average molecular weight is 330 g/mol. The topological polar surface area (TPSA) is 58.1 Å². The van der Waals surface area contributed by atoms with Gasteiger partial charge in [-0.1, -0.05) is 6.07 Å². The summed E-state index contributed by atoms with van der Waals surface area (Å²) in [6.45, 7) is 4.47. The Morgan fingerprint density at radius 1 is 1.43 bits per heavy atom. The van der Waals surface area contributed by atoms with Crippen LogP contribution < -0.4 is 10.2 Å². The number of hydrogen-bond acceptors (Lipinski definition) is 5.